The molecule has 4 N–H and O–H groups in total. The van der Waals surface area contributed by atoms with Gasteiger partial charge < -0.3 is 15.3 Å². The lowest BCUT2D eigenvalue weighted by Crippen LogP contribution is -2.46. The van der Waals surface area contributed by atoms with Crippen LogP contribution < -0.4 is 5.32 Å². The summed E-state index contributed by atoms with van der Waals surface area (Å²) in [7, 11) is 0. The highest BCUT2D eigenvalue weighted by Crippen LogP contribution is 2.15. The molecule has 0 aromatic carbocycles. The van der Waals surface area contributed by atoms with Crippen molar-refractivity contribution in [1.29, 1.82) is 0 Å². The molecule has 14 heavy (non-hydrogen) atoms. The van der Waals surface area contributed by atoms with Crippen molar-refractivity contribution in [3.05, 3.63) is 0 Å². The first-order chi connectivity index (χ1) is 6.42. The number of aliphatic hydroxyl groups is 3. The van der Waals surface area contributed by atoms with Gasteiger partial charge >= 0.3 is 6.10 Å². The molecule has 0 saturated heterocycles. The van der Waals surface area contributed by atoms with Crippen LogP contribution in [0.1, 0.15) is 46.0 Å². The summed E-state index contributed by atoms with van der Waals surface area (Å²) in [5.41, 5.74) is 0. The Balaban J connectivity index is 0.000000280. The minimum atomic E-state index is -2.72. The Bertz CT molecular complexity index is 120. The number of hydrogen-bond acceptors (Lipinski definition) is 4. The Morgan fingerprint density at radius 1 is 1.00 bits per heavy atom. The summed E-state index contributed by atoms with van der Waals surface area (Å²) in [5, 5.41) is 26.9. The molecule has 0 radical (unpaired) electrons. The molecule has 0 bridgehead atoms. The van der Waals surface area contributed by atoms with Gasteiger partial charge in [0, 0.05) is 6.54 Å². The van der Waals surface area contributed by atoms with E-state index in [0.29, 0.717) is 6.54 Å². The fraction of sp³-hybridized carbons (Fsp3) is 1.00. The normalized spacial score (nSPS) is 16.7. The summed E-state index contributed by atoms with van der Waals surface area (Å²) in [4.78, 5) is 0. The molecule has 1 aliphatic rings. The summed E-state index contributed by atoms with van der Waals surface area (Å²) in [6, 6.07) is 0. The maximum atomic E-state index is 8.27. The number of nitrogens with one attached hydrogen (secondary N) is 1. The van der Waals surface area contributed by atoms with Crippen molar-refractivity contribution < 1.29 is 15.3 Å². The largest absolute Gasteiger partial charge is 0.343 e. The average molecular weight is 205 g/mol. The smallest absolute Gasteiger partial charge is 0.330 e. The van der Waals surface area contributed by atoms with Gasteiger partial charge in [-0.3, -0.25) is 0 Å². The van der Waals surface area contributed by atoms with Gasteiger partial charge in [0.2, 0.25) is 0 Å². The predicted octanol–water partition coefficient (Wildman–Crippen LogP) is 0.771. The second kappa shape index (κ2) is 7.17. The highest BCUT2D eigenvalue weighted by atomic mass is 16.7. The molecule has 0 amide bonds. The Kier molecular flexibility index (Phi) is 7.09. The van der Waals surface area contributed by atoms with Crippen LogP contribution >= 0.6 is 0 Å². The van der Waals surface area contributed by atoms with Gasteiger partial charge in [-0.1, -0.05) is 46.0 Å². The molecule has 1 aliphatic carbocycles. The van der Waals surface area contributed by atoms with Crippen molar-refractivity contribution in [1.82, 2.24) is 5.32 Å². The molecular weight excluding hydrogens is 182 g/mol. The number of hydrogen-bond donors (Lipinski definition) is 4. The summed E-state index contributed by atoms with van der Waals surface area (Å²) in [5.74, 6) is 0.274. The van der Waals surface area contributed by atoms with E-state index in [1.54, 1.807) is 0 Å². The van der Waals surface area contributed by atoms with E-state index >= 15 is 0 Å². The first kappa shape index (κ1) is 13.8. The molecule has 0 unspecified atom stereocenters. The second-order valence-electron chi connectivity index (χ2n) is 4.18. The quantitative estimate of drug-likeness (QED) is 0.514. The van der Waals surface area contributed by atoms with Crippen LogP contribution in [0.5, 0.6) is 0 Å². The van der Waals surface area contributed by atoms with E-state index in [4.69, 9.17) is 15.3 Å². The van der Waals surface area contributed by atoms with E-state index in [-0.39, 0.29) is 5.92 Å². The fourth-order valence-electron chi connectivity index (χ4n) is 1.22. The van der Waals surface area contributed by atoms with Crippen molar-refractivity contribution >= 4 is 0 Å². The standard InChI is InChI=1S/C5H13NO3.C5H10/c1-4(2)3-6-5(7,8)9;1-2-4-5-3-1/h4,6-9H,3H2,1-2H3;1-5H2. The SMILES string of the molecule is C1CCCC1.CC(C)CNC(O)(O)O. The molecule has 1 fully saturated rings. The third kappa shape index (κ3) is 11.8. The molecule has 0 heterocycles. The van der Waals surface area contributed by atoms with Crippen molar-refractivity contribution in [3.63, 3.8) is 0 Å². The summed E-state index contributed by atoms with van der Waals surface area (Å²) in [6.07, 6.45) is 4.78. The van der Waals surface area contributed by atoms with E-state index < -0.39 is 6.10 Å². The van der Waals surface area contributed by atoms with Gasteiger partial charge in [-0.2, -0.15) is 0 Å². The van der Waals surface area contributed by atoms with Crippen LogP contribution in [-0.2, 0) is 0 Å². The average Bonchev–Trinajstić information content (AvgIpc) is 2.56. The van der Waals surface area contributed by atoms with E-state index in [1.807, 2.05) is 13.8 Å². The molecule has 0 atom stereocenters. The van der Waals surface area contributed by atoms with Crippen LogP contribution in [0.2, 0.25) is 0 Å². The van der Waals surface area contributed by atoms with Crippen LogP contribution in [0.3, 0.4) is 0 Å². The van der Waals surface area contributed by atoms with Crippen molar-refractivity contribution in [3.8, 4) is 0 Å². The minimum absolute atomic E-state index is 0.274. The van der Waals surface area contributed by atoms with Crippen LogP contribution in [0.25, 0.3) is 0 Å². The lowest BCUT2D eigenvalue weighted by atomic mass is 10.2. The topological polar surface area (TPSA) is 72.7 Å². The van der Waals surface area contributed by atoms with Crippen LogP contribution in [0.4, 0.5) is 0 Å². The van der Waals surface area contributed by atoms with Gasteiger partial charge in [0.15, 0.2) is 0 Å². The third-order valence-corrected chi connectivity index (χ3v) is 2.00. The van der Waals surface area contributed by atoms with Crippen molar-refractivity contribution in [2.45, 2.75) is 52.0 Å². The lowest BCUT2D eigenvalue weighted by molar-refractivity contribution is -0.331. The van der Waals surface area contributed by atoms with Gasteiger partial charge in [0.1, 0.15) is 0 Å². The molecule has 86 valence electrons. The van der Waals surface area contributed by atoms with Gasteiger partial charge in [-0.15, -0.1) is 0 Å². The molecule has 1 saturated carbocycles. The summed E-state index contributed by atoms with van der Waals surface area (Å²) < 4.78 is 0. The fourth-order valence-corrected chi connectivity index (χ4v) is 1.22. The zero-order valence-corrected chi connectivity index (χ0v) is 9.16. The molecule has 1 rings (SSSR count). The van der Waals surface area contributed by atoms with Crippen molar-refractivity contribution in [2.24, 2.45) is 5.92 Å². The Morgan fingerprint density at radius 2 is 1.36 bits per heavy atom. The first-order valence-corrected chi connectivity index (χ1v) is 5.34. The van der Waals surface area contributed by atoms with Crippen LogP contribution in [0.15, 0.2) is 0 Å². The Hall–Kier alpha value is -0.160. The molecule has 0 spiro atoms. The van der Waals surface area contributed by atoms with Gasteiger partial charge in [-0.25, -0.2) is 5.32 Å². The van der Waals surface area contributed by atoms with E-state index in [9.17, 15) is 0 Å². The highest BCUT2D eigenvalue weighted by Gasteiger charge is 2.16. The summed E-state index contributed by atoms with van der Waals surface area (Å²) >= 11 is 0. The third-order valence-electron chi connectivity index (χ3n) is 2.00. The molecular formula is C10H23NO3. The molecule has 0 aromatic heterocycles. The predicted molar refractivity (Wildman–Crippen MR) is 55.3 cm³/mol. The maximum Gasteiger partial charge on any atom is 0.343 e. The Labute approximate surface area is 86.0 Å². The van der Waals surface area contributed by atoms with Crippen LogP contribution in [0, 0.1) is 5.92 Å². The molecule has 0 aliphatic heterocycles. The Morgan fingerprint density at radius 3 is 1.50 bits per heavy atom. The van der Waals surface area contributed by atoms with Crippen molar-refractivity contribution in [2.75, 3.05) is 6.54 Å². The second-order valence-corrected chi connectivity index (χ2v) is 4.18. The monoisotopic (exact) mass is 205 g/mol. The molecule has 0 aromatic rings. The van der Waals surface area contributed by atoms with Gasteiger partial charge in [0.05, 0.1) is 0 Å². The van der Waals surface area contributed by atoms with E-state index in [1.165, 1.54) is 32.1 Å². The van der Waals surface area contributed by atoms with E-state index in [0.717, 1.165) is 0 Å². The lowest BCUT2D eigenvalue weighted by Gasteiger charge is -2.16. The zero-order chi connectivity index (χ0) is 11.0. The maximum absolute atomic E-state index is 8.27. The minimum Gasteiger partial charge on any atom is -0.330 e. The van der Waals surface area contributed by atoms with E-state index in [2.05, 4.69) is 5.32 Å². The highest BCUT2D eigenvalue weighted by molar-refractivity contribution is 4.51. The van der Waals surface area contributed by atoms with Crippen LogP contribution in [-0.4, -0.2) is 28.0 Å². The van der Waals surface area contributed by atoms with Gasteiger partial charge in [-0.05, 0) is 5.92 Å². The number of rotatable bonds is 3. The first-order valence-electron chi connectivity index (χ1n) is 5.34. The zero-order valence-electron chi connectivity index (χ0n) is 9.16. The molecule has 4 nitrogen and oxygen atoms in total. The molecule has 4 heteroatoms. The van der Waals surface area contributed by atoms with Gasteiger partial charge in [0.25, 0.3) is 0 Å². The summed E-state index contributed by atoms with van der Waals surface area (Å²) in [6.45, 7) is 4.14.